The largest absolute Gasteiger partial charge is 0.374 e. The number of hydrogen-bond acceptors (Lipinski definition) is 5. The number of halogens is 1. The van der Waals surface area contributed by atoms with Crippen LogP contribution < -0.4 is 4.90 Å². The zero-order valence-electron chi connectivity index (χ0n) is 9.88. The molecule has 94 valence electrons. The van der Waals surface area contributed by atoms with Gasteiger partial charge in [0.15, 0.2) is 5.82 Å². The maximum atomic E-state index is 6.00. The van der Waals surface area contributed by atoms with Gasteiger partial charge in [0, 0.05) is 13.6 Å². The van der Waals surface area contributed by atoms with Crippen molar-refractivity contribution in [3.63, 3.8) is 0 Å². The van der Waals surface area contributed by atoms with Crippen LogP contribution in [0.4, 0.5) is 5.82 Å². The first-order valence-electron chi connectivity index (χ1n) is 5.96. The molecule has 0 spiro atoms. The molecular weight excluding hydrogens is 254 g/mol. The van der Waals surface area contributed by atoms with E-state index in [0.29, 0.717) is 12.1 Å². The fourth-order valence-electron chi connectivity index (χ4n) is 2.89. The Bertz CT molecular complexity index is 627. The first-order valence-corrected chi connectivity index (χ1v) is 6.33. The molecule has 2 saturated heterocycles. The number of morpholine rings is 1. The van der Waals surface area contributed by atoms with E-state index in [2.05, 4.69) is 20.0 Å². The lowest BCUT2D eigenvalue weighted by molar-refractivity contribution is 0.0989. The van der Waals surface area contributed by atoms with Gasteiger partial charge in [-0.3, -0.25) is 4.68 Å². The van der Waals surface area contributed by atoms with Crippen molar-refractivity contribution in [3.05, 3.63) is 11.5 Å². The lowest BCUT2D eigenvalue weighted by Gasteiger charge is -2.28. The molecule has 0 saturated carbocycles. The molecule has 0 N–H and O–H groups in total. The highest BCUT2D eigenvalue weighted by Crippen LogP contribution is 2.35. The van der Waals surface area contributed by atoms with E-state index in [1.165, 1.54) is 0 Å². The van der Waals surface area contributed by atoms with Gasteiger partial charge in [-0.1, -0.05) is 0 Å². The van der Waals surface area contributed by atoms with Gasteiger partial charge in [-0.15, -0.1) is 0 Å². The fourth-order valence-corrected chi connectivity index (χ4v) is 3.06. The zero-order valence-corrected chi connectivity index (χ0v) is 10.6. The van der Waals surface area contributed by atoms with Gasteiger partial charge in [-0.2, -0.15) is 10.1 Å². The average Bonchev–Trinajstić information content (AvgIpc) is 3.04. The van der Waals surface area contributed by atoms with Crippen molar-refractivity contribution in [2.24, 2.45) is 7.05 Å². The number of aromatic nitrogens is 4. The number of hydrogen-bond donors (Lipinski definition) is 0. The van der Waals surface area contributed by atoms with Gasteiger partial charge in [0.25, 0.3) is 0 Å². The van der Waals surface area contributed by atoms with Crippen molar-refractivity contribution < 1.29 is 4.74 Å². The lowest BCUT2D eigenvalue weighted by Crippen LogP contribution is -2.37. The van der Waals surface area contributed by atoms with Gasteiger partial charge in [0.1, 0.15) is 11.0 Å². The minimum atomic E-state index is 0.272. The van der Waals surface area contributed by atoms with Crippen LogP contribution in [0.1, 0.15) is 6.42 Å². The average molecular weight is 266 g/mol. The Balaban J connectivity index is 1.91. The molecule has 6 nitrogen and oxygen atoms in total. The van der Waals surface area contributed by atoms with Crippen LogP contribution in [0, 0.1) is 0 Å². The molecule has 18 heavy (non-hydrogen) atoms. The molecule has 0 aliphatic carbocycles. The maximum absolute atomic E-state index is 6.00. The van der Waals surface area contributed by atoms with Gasteiger partial charge >= 0.3 is 0 Å². The molecule has 2 aliphatic rings. The smallest absolute Gasteiger partial charge is 0.225 e. The Morgan fingerprint density at radius 2 is 2.33 bits per heavy atom. The van der Waals surface area contributed by atoms with Crippen LogP contribution in [0.15, 0.2) is 6.20 Å². The first kappa shape index (κ1) is 10.5. The van der Waals surface area contributed by atoms with Gasteiger partial charge in [-0.05, 0) is 18.0 Å². The topological polar surface area (TPSA) is 56.1 Å². The predicted octanol–water partition coefficient (Wildman–Crippen LogP) is 0.994. The highest BCUT2D eigenvalue weighted by Gasteiger charge is 2.40. The SMILES string of the molecule is Cn1ncc2nc(Cl)nc(N3CC4CC3CO4)c21. The molecule has 2 aromatic heterocycles. The Kier molecular flexibility index (Phi) is 2.07. The Hall–Kier alpha value is -1.40. The van der Waals surface area contributed by atoms with Crippen molar-refractivity contribution in [1.29, 1.82) is 0 Å². The molecule has 4 rings (SSSR count). The summed E-state index contributed by atoms with van der Waals surface area (Å²) >= 11 is 6.00. The molecule has 2 unspecified atom stereocenters. The van der Waals surface area contributed by atoms with Gasteiger partial charge in [0.05, 0.1) is 24.9 Å². The summed E-state index contributed by atoms with van der Waals surface area (Å²) in [6.07, 6.45) is 3.12. The van der Waals surface area contributed by atoms with Crippen molar-refractivity contribution in [2.45, 2.75) is 18.6 Å². The summed E-state index contributed by atoms with van der Waals surface area (Å²) in [5.41, 5.74) is 1.73. The highest BCUT2D eigenvalue weighted by atomic mass is 35.5. The quantitative estimate of drug-likeness (QED) is 0.720. The molecule has 7 heteroatoms. The number of ether oxygens (including phenoxy) is 1. The number of aryl methyl sites for hydroxylation is 1. The third-order valence-electron chi connectivity index (χ3n) is 3.71. The van der Waals surface area contributed by atoms with Crippen LogP contribution in [-0.4, -0.2) is 45.0 Å². The molecule has 0 aromatic carbocycles. The summed E-state index contributed by atoms with van der Waals surface area (Å²) in [6.45, 7) is 1.64. The van der Waals surface area contributed by atoms with E-state index < -0.39 is 0 Å². The normalized spacial score (nSPS) is 26.4. The molecule has 2 aliphatic heterocycles. The second-order valence-electron chi connectivity index (χ2n) is 4.82. The summed E-state index contributed by atoms with van der Waals surface area (Å²) in [6, 6.07) is 0.402. The number of rotatable bonds is 1. The van der Waals surface area contributed by atoms with Crippen LogP contribution >= 0.6 is 11.6 Å². The van der Waals surface area contributed by atoms with E-state index in [4.69, 9.17) is 16.3 Å². The predicted molar refractivity (Wildman–Crippen MR) is 66.8 cm³/mol. The third kappa shape index (κ3) is 1.36. The standard InChI is InChI=1S/C11H12ClN5O/c1-16-9-8(3-13-16)14-11(12)15-10(9)17-4-7-2-6(17)5-18-7/h3,6-7H,2,4-5H2,1H3. The van der Waals surface area contributed by atoms with Crippen LogP contribution in [0.2, 0.25) is 5.28 Å². The van der Waals surface area contributed by atoms with Gasteiger partial charge in [0.2, 0.25) is 5.28 Å². The second kappa shape index (κ2) is 3.55. The zero-order chi connectivity index (χ0) is 12.3. The Labute approximate surface area is 109 Å². The molecular formula is C11H12ClN5O. The number of nitrogens with zero attached hydrogens (tertiary/aromatic N) is 5. The Morgan fingerprint density at radius 1 is 1.44 bits per heavy atom. The summed E-state index contributed by atoms with van der Waals surface area (Å²) in [4.78, 5) is 10.9. The van der Waals surface area contributed by atoms with Crippen LogP contribution in [0.25, 0.3) is 11.0 Å². The van der Waals surface area contributed by atoms with E-state index in [1.54, 1.807) is 10.9 Å². The summed E-state index contributed by atoms with van der Waals surface area (Å²) < 4.78 is 7.42. The highest BCUT2D eigenvalue weighted by molar-refractivity contribution is 6.28. The number of anilines is 1. The van der Waals surface area contributed by atoms with Crippen LogP contribution in [0.3, 0.4) is 0 Å². The molecule has 0 amide bonds. The van der Waals surface area contributed by atoms with E-state index in [9.17, 15) is 0 Å². The van der Waals surface area contributed by atoms with Crippen LogP contribution in [-0.2, 0) is 11.8 Å². The summed E-state index contributed by atoms with van der Waals surface area (Å²) in [5, 5.41) is 4.50. The van der Waals surface area contributed by atoms with Gasteiger partial charge in [-0.25, -0.2) is 4.98 Å². The molecule has 2 bridgehead atoms. The van der Waals surface area contributed by atoms with Crippen molar-refractivity contribution in [3.8, 4) is 0 Å². The van der Waals surface area contributed by atoms with Crippen LogP contribution in [0.5, 0.6) is 0 Å². The fraction of sp³-hybridized carbons (Fsp3) is 0.545. The monoisotopic (exact) mass is 265 g/mol. The van der Waals surface area contributed by atoms with E-state index in [-0.39, 0.29) is 5.28 Å². The van der Waals surface area contributed by atoms with Crippen molar-refractivity contribution >= 4 is 28.5 Å². The summed E-state index contributed by atoms with van der Waals surface area (Å²) in [5.74, 6) is 0.876. The minimum absolute atomic E-state index is 0.272. The Morgan fingerprint density at radius 3 is 3.06 bits per heavy atom. The van der Waals surface area contributed by atoms with Crippen molar-refractivity contribution in [2.75, 3.05) is 18.1 Å². The minimum Gasteiger partial charge on any atom is -0.374 e. The second-order valence-corrected chi connectivity index (χ2v) is 5.15. The van der Waals surface area contributed by atoms with E-state index >= 15 is 0 Å². The van der Waals surface area contributed by atoms with E-state index in [1.807, 2.05) is 7.05 Å². The lowest BCUT2D eigenvalue weighted by atomic mass is 10.2. The molecule has 2 aromatic rings. The summed E-state index contributed by atoms with van der Waals surface area (Å²) in [7, 11) is 1.90. The molecule has 2 atom stereocenters. The van der Waals surface area contributed by atoms with Gasteiger partial charge < -0.3 is 9.64 Å². The molecule has 4 heterocycles. The third-order valence-corrected chi connectivity index (χ3v) is 3.88. The molecule has 2 fully saturated rings. The maximum Gasteiger partial charge on any atom is 0.225 e. The van der Waals surface area contributed by atoms with E-state index in [0.717, 1.165) is 36.4 Å². The van der Waals surface area contributed by atoms with Crippen molar-refractivity contribution in [1.82, 2.24) is 19.7 Å². The molecule has 0 radical (unpaired) electrons. The first-order chi connectivity index (χ1) is 8.72. The number of fused-ring (bicyclic) bond motifs is 3.